The summed E-state index contributed by atoms with van der Waals surface area (Å²) in [6, 6.07) is 12.1. The van der Waals surface area contributed by atoms with E-state index in [1.54, 1.807) is 11.3 Å². The fourth-order valence-electron chi connectivity index (χ4n) is 3.44. The number of benzene rings is 2. The summed E-state index contributed by atoms with van der Waals surface area (Å²) in [4.78, 5) is 16.9. The Kier molecular flexibility index (Phi) is 5.48. The predicted molar refractivity (Wildman–Crippen MR) is 111 cm³/mol. The lowest BCUT2D eigenvalue weighted by molar-refractivity contribution is -0.121. The van der Waals surface area contributed by atoms with Gasteiger partial charge in [0.15, 0.2) is 0 Å². The van der Waals surface area contributed by atoms with Gasteiger partial charge in [-0.15, -0.1) is 11.3 Å². The van der Waals surface area contributed by atoms with E-state index in [-0.39, 0.29) is 12.0 Å². The quantitative estimate of drug-likeness (QED) is 0.648. The fourth-order valence-corrected chi connectivity index (χ4v) is 4.41. The number of carbonyl (C=O) groups excluding carboxylic acids is 1. The predicted octanol–water partition coefficient (Wildman–Crippen LogP) is 4.27. The summed E-state index contributed by atoms with van der Waals surface area (Å²) in [6.45, 7) is 5.04. The normalized spacial score (nSPS) is 15.3. The molecule has 0 saturated heterocycles. The van der Waals surface area contributed by atoms with Gasteiger partial charge in [-0.05, 0) is 38.1 Å². The number of fused-ring (bicyclic) bond motifs is 2. The maximum Gasteiger partial charge on any atom is 0.220 e. The molecule has 0 bridgehead atoms. The van der Waals surface area contributed by atoms with Crippen molar-refractivity contribution in [2.75, 3.05) is 6.61 Å². The van der Waals surface area contributed by atoms with Crippen LogP contribution in [0.1, 0.15) is 36.4 Å². The van der Waals surface area contributed by atoms with Crippen LogP contribution in [0.3, 0.4) is 0 Å². The van der Waals surface area contributed by atoms with Gasteiger partial charge in [-0.1, -0.05) is 12.1 Å². The van der Waals surface area contributed by atoms with E-state index < -0.39 is 0 Å². The molecule has 1 aromatic heterocycles. The number of nitrogens with zero attached hydrogens (tertiary/aromatic N) is 1. The number of nitrogens with one attached hydrogen (secondary N) is 1. The summed E-state index contributed by atoms with van der Waals surface area (Å²) in [5, 5.41) is 4.00. The van der Waals surface area contributed by atoms with Gasteiger partial charge in [-0.3, -0.25) is 4.79 Å². The summed E-state index contributed by atoms with van der Waals surface area (Å²) >= 11 is 1.65. The first kappa shape index (κ1) is 18.7. The maximum absolute atomic E-state index is 12.4. The second kappa shape index (κ2) is 8.19. The Morgan fingerprint density at radius 1 is 1.36 bits per heavy atom. The molecule has 1 amide bonds. The van der Waals surface area contributed by atoms with E-state index >= 15 is 0 Å². The smallest absolute Gasteiger partial charge is 0.220 e. The van der Waals surface area contributed by atoms with Gasteiger partial charge < -0.3 is 14.8 Å². The number of ether oxygens (including phenoxy) is 2. The topological polar surface area (TPSA) is 60.5 Å². The van der Waals surface area contributed by atoms with Crippen LogP contribution in [0.4, 0.5) is 0 Å². The average molecular weight is 397 g/mol. The Hall–Kier alpha value is -2.60. The van der Waals surface area contributed by atoms with E-state index in [9.17, 15) is 4.79 Å². The number of rotatable bonds is 7. The van der Waals surface area contributed by atoms with Gasteiger partial charge in [0.1, 0.15) is 17.6 Å². The van der Waals surface area contributed by atoms with Crippen molar-refractivity contribution in [1.29, 1.82) is 0 Å². The molecule has 0 aliphatic carbocycles. The molecule has 0 fully saturated rings. The highest BCUT2D eigenvalue weighted by Gasteiger charge is 2.22. The zero-order valence-electron chi connectivity index (χ0n) is 16.2. The van der Waals surface area contributed by atoms with Crippen LogP contribution in [0.2, 0.25) is 0 Å². The Bertz CT molecular complexity index is 966. The van der Waals surface area contributed by atoms with Crippen LogP contribution in [0.5, 0.6) is 11.5 Å². The van der Waals surface area contributed by atoms with Crippen LogP contribution in [-0.2, 0) is 24.2 Å². The molecule has 2 heterocycles. The molecule has 1 atom stereocenters. The van der Waals surface area contributed by atoms with Gasteiger partial charge in [0.05, 0.1) is 21.8 Å². The van der Waals surface area contributed by atoms with E-state index in [1.807, 2.05) is 37.3 Å². The van der Waals surface area contributed by atoms with Crippen LogP contribution >= 0.6 is 11.3 Å². The number of thiazole rings is 1. The van der Waals surface area contributed by atoms with Crippen molar-refractivity contribution in [3.05, 3.63) is 52.5 Å². The van der Waals surface area contributed by atoms with Crippen LogP contribution in [0.15, 0.2) is 36.4 Å². The molecule has 0 unspecified atom stereocenters. The first-order valence-electron chi connectivity index (χ1n) is 9.68. The first-order chi connectivity index (χ1) is 13.6. The molecule has 28 heavy (non-hydrogen) atoms. The number of hydrogen-bond acceptors (Lipinski definition) is 5. The fraction of sp³-hybridized carbons (Fsp3) is 0.364. The molecule has 3 aromatic rings. The molecule has 1 aliphatic heterocycles. The van der Waals surface area contributed by atoms with Crippen molar-refractivity contribution in [2.45, 2.75) is 45.8 Å². The van der Waals surface area contributed by atoms with Crippen molar-refractivity contribution >= 4 is 27.5 Å². The number of carbonyl (C=O) groups is 1. The minimum absolute atomic E-state index is 0.0106. The standard InChI is InChI=1S/C22H24N2O3S/c1-3-26-18-11-15-10-14(2)27-19(15)12-16(18)13-23-21(25)8-9-22-24-17-6-4-5-7-20(17)28-22/h4-7,11-12,14H,3,8-10,13H2,1-2H3,(H,23,25)/t14-/m0/s1. The molecule has 146 valence electrons. The van der Waals surface area contributed by atoms with E-state index in [0.29, 0.717) is 26.0 Å². The second-order valence-corrected chi connectivity index (χ2v) is 8.10. The lowest BCUT2D eigenvalue weighted by Gasteiger charge is -2.13. The molecule has 0 radical (unpaired) electrons. The Labute approximate surface area is 168 Å². The van der Waals surface area contributed by atoms with Gasteiger partial charge in [0.25, 0.3) is 0 Å². The molecule has 0 spiro atoms. The second-order valence-electron chi connectivity index (χ2n) is 6.99. The van der Waals surface area contributed by atoms with Gasteiger partial charge in [-0.25, -0.2) is 4.98 Å². The zero-order chi connectivity index (χ0) is 19.5. The molecule has 1 N–H and O–H groups in total. The van der Waals surface area contributed by atoms with Crippen LogP contribution < -0.4 is 14.8 Å². The Morgan fingerprint density at radius 2 is 2.21 bits per heavy atom. The number of aryl methyl sites for hydroxylation is 1. The average Bonchev–Trinajstić information content (AvgIpc) is 3.26. The van der Waals surface area contributed by atoms with Crippen molar-refractivity contribution in [1.82, 2.24) is 10.3 Å². The monoisotopic (exact) mass is 396 g/mol. The molecule has 6 heteroatoms. The van der Waals surface area contributed by atoms with Gasteiger partial charge in [-0.2, -0.15) is 0 Å². The van der Waals surface area contributed by atoms with Gasteiger partial charge >= 0.3 is 0 Å². The third kappa shape index (κ3) is 4.12. The molecule has 4 rings (SSSR count). The highest BCUT2D eigenvalue weighted by atomic mass is 32.1. The van der Waals surface area contributed by atoms with Crippen LogP contribution in [-0.4, -0.2) is 23.6 Å². The molecule has 2 aromatic carbocycles. The summed E-state index contributed by atoms with van der Waals surface area (Å²) in [5.41, 5.74) is 3.11. The Balaban J connectivity index is 1.37. The minimum atomic E-state index is 0.0106. The largest absolute Gasteiger partial charge is 0.494 e. The number of para-hydroxylation sites is 1. The van der Waals surface area contributed by atoms with E-state index in [2.05, 4.69) is 23.3 Å². The maximum atomic E-state index is 12.4. The highest BCUT2D eigenvalue weighted by molar-refractivity contribution is 7.18. The lowest BCUT2D eigenvalue weighted by Crippen LogP contribution is -2.23. The first-order valence-corrected chi connectivity index (χ1v) is 10.5. The van der Waals surface area contributed by atoms with Crippen molar-refractivity contribution < 1.29 is 14.3 Å². The summed E-state index contributed by atoms with van der Waals surface area (Å²) in [5.74, 6) is 1.73. The van der Waals surface area contributed by atoms with E-state index in [4.69, 9.17) is 9.47 Å². The van der Waals surface area contributed by atoms with Crippen LogP contribution in [0, 0.1) is 0 Å². The SMILES string of the molecule is CCOc1cc2c(cc1CNC(=O)CCc1nc3ccccc3s1)O[C@@H](C)C2. The minimum Gasteiger partial charge on any atom is -0.494 e. The molecule has 0 saturated carbocycles. The van der Waals surface area contributed by atoms with Crippen molar-refractivity contribution in [3.8, 4) is 11.5 Å². The number of aromatic nitrogens is 1. The summed E-state index contributed by atoms with van der Waals surface area (Å²) in [7, 11) is 0. The third-order valence-corrected chi connectivity index (χ3v) is 5.86. The number of hydrogen-bond donors (Lipinski definition) is 1. The molecular formula is C22H24N2O3S. The van der Waals surface area contributed by atoms with Gasteiger partial charge in [0, 0.05) is 36.9 Å². The Morgan fingerprint density at radius 3 is 3.04 bits per heavy atom. The van der Waals surface area contributed by atoms with Crippen molar-refractivity contribution in [2.24, 2.45) is 0 Å². The number of amides is 1. The van der Waals surface area contributed by atoms with Crippen molar-refractivity contribution in [3.63, 3.8) is 0 Å². The third-order valence-electron chi connectivity index (χ3n) is 4.76. The zero-order valence-corrected chi connectivity index (χ0v) is 17.0. The summed E-state index contributed by atoms with van der Waals surface area (Å²) in [6.07, 6.45) is 2.14. The molecule has 1 aliphatic rings. The van der Waals surface area contributed by atoms with E-state index in [1.165, 1.54) is 5.56 Å². The highest BCUT2D eigenvalue weighted by Crippen LogP contribution is 2.35. The lowest BCUT2D eigenvalue weighted by atomic mass is 10.1. The molecule has 5 nitrogen and oxygen atoms in total. The van der Waals surface area contributed by atoms with Crippen LogP contribution in [0.25, 0.3) is 10.2 Å². The van der Waals surface area contributed by atoms with E-state index in [0.717, 1.165) is 38.7 Å². The van der Waals surface area contributed by atoms with Gasteiger partial charge in [0.2, 0.25) is 5.91 Å². The summed E-state index contributed by atoms with van der Waals surface area (Å²) < 4.78 is 12.8. The molecular weight excluding hydrogens is 372 g/mol.